The van der Waals surface area contributed by atoms with E-state index in [4.69, 9.17) is 4.74 Å². The predicted molar refractivity (Wildman–Crippen MR) is 63.1 cm³/mol. The molecule has 0 radical (unpaired) electrons. The lowest BCUT2D eigenvalue weighted by Crippen LogP contribution is -2.21. The molecular formula is C11H11NO3S. The largest absolute Gasteiger partial charge is 0.462 e. The van der Waals surface area contributed by atoms with E-state index in [1.165, 1.54) is 11.3 Å². The fraction of sp³-hybridized carbons (Fsp3) is 0.273. The molecule has 0 atom stereocenters. The first-order valence-corrected chi connectivity index (χ1v) is 5.80. The second-order valence-corrected chi connectivity index (χ2v) is 4.25. The number of hydrogen-bond donors (Lipinski definition) is 1. The minimum absolute atomic E-state index is 0.108. The highest BCUT2D eigenvalue weighted by Gasteiger charge is 2.17. The molecule has 0 aromatic carbocycles. The van der Waals surface area contributed by atoms with Crippen molar-refractivity contribution < 1.29 is 9.53 Å². The van der Waals surface area contributed by atoms with Gasteiger partial charge in [0.2, 0.25) is 0 Å². The molecule has 2 aromatic heterocycles. The van der Waals surface area contributed by atoms with Crippen LogP contribution in [-0.4, -0.2) is 17.6 Å². The van der Waals surface area contributed by atoms with E-state index in [9.17, 15) is 9.59 Å². The Morgan fingerprint density at radius 1 is 1.56 bits per heavy atom. The van der Waals surface area contributed by atoms with E-state index in [2.05, 4.69) is 4.98 Å². The Labute approximate surface area is 95.9 Å². The van der Waals surface area contributed by atoms with Crippen molar-refractivity contribution >= 4 is 27.5 Å². The third kappa shape index (κ3) is 1.63. The van der Waals surface area contributed by atoms with Gasteiger partial charge in [-0.3, -0.25) is 4.79 Å². The summed E-state index contributed by atoms with van der Waals surface area (Å²) in [5.41, 5.74) is 1.17. The van der Waals surface area contributed by atoms with Gasteiger partial charge in [-0.2, -0.15) is 0 Å². The van der Waals surface area contributed by atoms with E-state index in [1.54, 1.807) is 13.8 Å². The monoisotopic (exact) mass is 237 g/mol. The summed E-state index contributed by atoms with van der Waals surface area (Å²) in [6.45, 7) is 3.74. The molecule has 4 nitrogen and oxygen atoms in total. The van der Waals surface area contributed by atoms with E-state index < -0.39 is 5.97 Å². The zero-order valence-electron chi connectivity index (χ0n) is 8.99. The molecule has 1 N–H and O–H groups in total. The molecule has 0 saturated heterocycles. The van der Waals surface area contributed by atoms with Crippen molar-refractivity contribution in [1.29, 1.82) is 0 Å². The summed E-state index contributed by atoms with van der Waals surface area (Å²) in [4.78, 5) is 26.0. The number of H-pyrrole nitrogens is 1. The summed E-state index contributed by atoms with van der Waals surface area (Å²) >= 11 is 1.49. The number of hydrogen-bond acceptors (Lipinski definition) is 4. The molecule has 16 heavy (non-hydrogen) atoms. The Hall–Kier alpha value is -1.62. The molecule has 5 heteroatoms. The fourth-order valence-electron chi connectivity index (χ4n) is 1.62. The highest BCUT2D eigenvalue weighted by molar-refractivity contribution is 7.17. The molecule has 2 aromatic rings. The van der Waals surface area contributed by atoms with Crippen LogP contribution in [0.1, 0.15) is 22.8 Å². The van der Waals surface area contributed by atoms with Crippen LogP contribution in [0.15, 0.2) is 16.2 Å². The lowest BCUT2D eigenvalue weighted by Gasteiger charge is -2.04. The number of rotatable bonds is 2. The number of fused-ring (bicyclic) bond motifs is 1. The van der Waals surface area contributed by atoms with Crippen molar-refractivity contribution in [3.05, 3.63) is 32.9 Å². The molecule has 0 aliphatic rings. The summed E-state index contributed by atoms with van der Waals surface area (Å²) in [5.74, 6) is -0.559. The highest BCUT2D eigenvalue weighted by atomic mass is 32.1. The van der Waals surface area contributed by atoms with Crippen molar-refractivity contribution in [2.24, 2.45) is 0 Å². The average molecular weight is 237 g/mol. The lowest BCUT2D eigenvalue weighted by atomic mass is 10.1. The number of aromatic nitrogens is 1. The number of ether oxygens (including phenoxy) is 1. The van der Waals surface area contributed by atoms with Crippen LogP contribution in [0, 0.1) is 6.92 Å². The normalized spacial score (nSPS) is 10.6. The summed E-state index contributed by atoms with van der Waals surface area (Å²) in [6.07, 6.45) is 0. The van der Waals surface area contributed by atoms with Gasteiger partial charge in [0.1, 0.15) is 5.56 Å². The van der Waals surface area contributed by atoms with Crippen molar-refractivity contribution in [3.8, 4) is 0 Å². The van der Waals surface area contributed by atoms with Crippen LogP contribution in [-0.2, 0) is 4.74 Å². The highest BCUT2D eigenvalue weighted by Crippen LogP contribution is 2.23. The van der Waals surface area contributed by atoms with E-state index in [0.29, 0.717) is 5.56 Å². The number of thiophene rings is 1. The average Bonchev–Trinajstić information content (AvgIpc) is 2.66. The lowest BCUT2D eigenvalue weighted by molar-refractivity contribution is 0.0523. The van der Waals surface area contributed by atoms with Gasteiger partial charge in [0.15, 0.2) is 0 Å². The van der Waals surface area contributed by atoms with Gasteiger partial charge in [-0.05, 0) is 30.9 Å². The molecular weight excluding hydrogens is 226 g/mol. The zero-order chi connectivity index (χ0) is 11.7. The molecule has 2 rings (SSSR count). The smallest absolute Gasteiger partial charge is 0.344 e. The summed E-state index contributed by atoms with van der Waals surface area (Å²) < 4.78 is 5.78. The molecule has 0 bridgehead atoms. The SMILES string of the molecule is CCOC(=O)c1c(C)c2sccc2[nH]c1=O. The second-order valence-electron chi connectivity index (χ2n) is 3.34. The minimum Gasteiger partial charge on any atom is -0.462 e. The van der Waals surface area contributed by atoms with E-state index in [1.807, 2.05) is 11.4 Å². The zero-order valence-corrected chi connectivity index (χ0v) is 9.81. The number of aryl methyl sites for hydroxylation is 1. The molecule has 0 fully saturated rings. The van der Waals surface area contributed by atoms with Crippen molar-refractivity contribution in [2.75, 3.05) is 6.61 Å². The van der Waals surface area contributed by atoms with Gasteiger partial charge in [0.25, 0.3) is 5.56 Å². The number of pyridine rings is 1. The standard InChI is InChI=1S/C11H11NO3S/c1-3-15-11(14)8-6(2)9-7(4-5-16-9)12-10(8)13/h4-5H,3H2,1-2H3,(H,12,13). The Bertz CT molecular complexity index is 597. The topological polar surface area (TPSA) is 59.2 Å². The number of esters is 1. The molecule has 0 amide bonds. The van der Waals surface area contributed by atoms with Crippen molar-refractivity contribution in [3.63, 3.8) is 0 Å². The Morgan fingerprint density at radius 2 is 2.31 bits per heavy atom. The van der Waals surface area contributed by atoms with Crippen molar-refractivity contribution in [1.82, 2.24) is 4.98 Å². The second kappa shape index (κ2) is 4.09. The Morgan fingerprint density at radius 3 is 3.00 bits per heavy atom. The third-order valence-electron chi connectivity index (χ3n) is 2.34. The van der Waals surface area contributed by atoms with Gasteiger partial charge in [-0.1, -0.05) is 0 Å². The molecule has 0 spiro atoms. The van der Waals surface area contributed by atoms with Crippen LogP contribution in [0.3, 0.4) is 0 Å². The molecule has 0 saturated carbocycles. The van der Waals surface area contributed by atoms with Gasteiger partial charge in [0.05, 0.1) is 16.8 Å². The summed E-state index contributed by atoms with van der Waals surface area (Å²) in [7, 11) is 0. The minimum atomic E-state index is -0.559. The first-order valence-electron chi connectivity index (χ1n) is 4.92. The van der Waals surface area contributed by atoms with Crippen LogP contribution in [0.5, 0.6) is 0 Å². The van der Waals surface area contributed by atoms with Gasteiger partial charge in [0, 0.05) is 0 Å². The molecule has 0 aliphatic carbocycles. The Balaban J connectivity index is 2.68. The molecule has 2 heterocycles. The van der Waals surface area contributed by atoms with E-state index in [0.717, 1.165) is 10.2 Å². The van der Waals surface area contributed by atoms with Gasteiger partial charge >= 0.3 is 5.97 Å². The van der Waals surface area contributed by atoms with E-state index in [-0.39, 0.29) is 17.7 Å². The maximum absolute atomic E-state index is 11.7. The first kappa shape index (κ1) is 10.9. The van der Waals surface area contributed by atoms with Crippen LogP contribution in [0.4, 0.5) is 0 Å². The number of nitrogens with one attached hydrogen (secondary N) is 1. The Kier molecular flexibility index (Phi) is 2.78. The van der Waals surface area contributed by atoms with Gasteiger partial charge in [-0.15, -0.1) is 11.3 Å². The van der Waals surface area contributed by atoms with Crippen LogP contribution >= 0.6 is 11.3 Å². The first-order chi connectivity index (χ1) is 7.65. The number of aromatic amines is 1. The number of carbonyl (C=O) groups is 1. The maximum Gasteiger partial charge on any atom is 0.344 e. The van der Waals surface area contributed by atoms with Crippen LogP contribution in [0.2, 0.25) is 0 Å². The quantitative estimate of drug-likeness (QED) is 0.813. The van der Waals surface area contributed by atoms with Crippen LogP contribution < -0.4 is 5.56 Å². The predicted octanol–water partition coefficient (Wildman–Crippen LogP) is 2.07. The van der Waals surface area contributed by atoms with Crippen LogP contribution in [0.25, 0.3) is 10.2 Å². The van der Waals surface area contributed by atoms with E-state index >= 15 is 0 Å². The fourth-order valence-corrected chi connectivity index (χ4v) is 2.48. The molecule has 0 unspecified atom stereocenters. The number of carbonyl (C=O) groups excluding carboxylic acids is 1. The summed E-state index contributed by atoms with van der Waals surface area (Å²) in [6, 6.07) is 1.82. The van der Waals surface area contributed by atoms with Crippen molar-refractivity contribution in [2.45, 2.75) is 13.8 Å². The van der Waals surface area contributed by atoms with Gasteiger partial charge in [-0.25, -0.2) is 4.79 Å². The summed E-state index contributed by atoms with van der Waals surface area (Å²) in [5, 5.41) is 1.88. The van der Waals surface area contributed by atoms with Gasteiger partial charge < -0.3 is 9.72 Å². The molecule has 84 valence electrons. The maximum atomic E-state index is 11.7. The molecule has 0 aliphatic heterocycles. The third-order valence-corrected chi connectivity index (χ3v) is 3.37.